The van der Waals surface area contributed by atoms with Crippen molar-refractivity contribution in [2.24, 2.45) is 0 Å². The number of carbonyl (C=O) groups is 2. The van der Waals surface area contributed by atoms with Crippen LogP contribution >= 0.6 is 22.9 Å². The summed E-state index contributed by atoms with van der Waals surface area (Å²) in [5, 5.41) is 3.59. The van der Waals surface area contributed by atoms with Crippen molar-refractivity contribution in [1.82, 2.24) is 19.4 Å². The number of amides is 2. The van der Waals surface area contributed by atoms with E-state index in [0.29, 0.717) is 34.7 Å². The van der Waals surface area contributed by atoms with Crippen LogP contribution in [0, 0.1) is 0 Å². The highest BCUT2D eigenvalue weighted by atomic mass is 35.5. The highest BCUT2D eigenvalue weighted by Crippen LogP contribution is 2.33. The topological polar surface area (TPSA) is 93.3 Å². The number of rotatable bonds is 5. The molecule has 0 aliphatic carbocycles. The summed E-state index contributed by atoms with van der Waals surface area (Å²) in [6, 6.07) is 9.14. The number of aromatic nitrogens is 3. The van der Waals surface area contributed by atoms with Crippen LogP contribution in [-0.2, 0) is 4.79 Å². The van der Waals surface area contributed by atoms with E-state index in [-0.39, 0.29) is 17.9 Å². The Kier molecular flexibility index (Phi) is 6.21. The van der Waals surface area contributed by atoms with E-state index in [2.05, 4.69) is 16.9 Å². The van der Waals surface area contributed by atoms with E-state index in [9.17, 15) is 9.59 Å². The molecule has 0 spiro atoms. The average Bonchev–Trinajstić information content (AvgIpc) is 3.56. The lowest BCUT2D eigenvalue weighted by Gasteiger charge is -2.21. The number of imidazole rings is 1. The van der Waals surface area contributed by atoms with Gasteiger partial charge in [-0.15, -0.1) is 11.3 Å². The first-order valence-electron chi connectivity index (χ1n) is 10.9. The van der Waals surface area contributed by atoms with Crippen molar-refractivity contribution < 1.29 is 14.0 Å². The Bertz CT molecular complexity index is 1360. The molecule has 1 atom stereocenters. The van der Waals surface area contributed by atoms with Gasteiger partial charge in [0.1, 0.15) is 0 Å². The molecule has 8 nitrogen and oxygen atoms in total. The SMILES string of the molecule is C=CC(=O)N1CCC[C@@H](n2c(NC(=O)c3ccc(-c4cnco4)s3)nc3ccc(Cl)cc32)CC1. The summed E-state index contributed by atoms with van der Waals surface area (Å²) in [5.74, 6) is 0.761. The Morgan fingerprint density at radius 3 is 2.91 bits per heavy atom. The first kappa shape index (κ1) is 22.4. The zero-order chi connectivity index (χ0) is 23.7. The largest absolute Gasteiger partial charge is 0.443 e. The third-order valence-electron chi connectivity index (χ3n) is 5.93. The third-order valence-corrected chi connectivity index (χ3v) is 7.26. The van der Waals surface area contributed by atoms with Crippen LogP contribution in [-0.4, -0.2) is 44.3 Å². The maximum absolute atomic E-state index is 13.1. The van der Waals surface area contributed by atoms with E-state index in [0.717, 1.165) is 35.2 Å². The smallest absolute Gasteiger partial charge is 0.268 e. The van der Waals surface area contributed by atoms with Gasteiger partial charge in [-0.3, -0.25) is 14.9 Å². The molecule has 0 radical (unpaired) electrons. The number of benzene rings is 1. The van der Waals surface area contributed by atoms with Crippen LogP contribution in [0.2, 0.25) is 5.02 Å². The number of hydrogen-bond donors (Lipinski definition) is 1. The number of carbonyl (C=O) groups excluding carboxylic acids is 2. The van der Waals surface area contributed by atoms with Gasteiger partial charge in [0.05, 0.1) is 27.0 Å². The van der Waals surface area contributed by atoms with Gasteiger partial charge < -0.3 is 13.9 Å². The summed E-state index contributed by atoms with van der Waals surface area (Å²) in [6.07, 6.45) is 6.74. The number of halogens is 1. The van der Waals surface area contributed by atoms with E-state index in [1.807, 2.05) is 27.7 Å². The quantitative estimate of drug-likeness (QED) is 0.374. The summed E-state index contributed by atoms with van der Waals surface area (Å²) in [5.41, 5.74) is 1.60. The molecule has 5 rings (SSSR count). The molecule has 1 aliphatic rings. The van der Waals surface area contributed by atoms with Crippen LogP contribution in [0.3, 0.4) is 0 Å². The number of nitrogens with one attached hydrogen (secondary N) is 1. The number of nitrogens with zero attached hydrogens (tertiary/aromatic N) is 4. The minimum absolute atomic E-state index is 0.0504. The van der Waals surface area contributed by atoms with E-state index in [1.54, 1.807) is 18.3 Å². The monoisotopic (exact) mass is 495 g/mol. The molecule has 1 N–H and O–H groups in total. The summed E-state index contributed by atoms with van der Waals surface area (Å²) in [6.45, 7) is 4.88. The fourth-order valence-electron chi connectivity index (χ4n) is 4.30. The second-order valence-corrected chi connectivity index (χ2v) is 9.56. The molecule has 3 aromatic heterocycles. The highest BCUT2D eigenvalue weighted by molar-refractivity contribution is 7.17. The predicted molar refractivity (Wildman–Crippen MR) is 132 cm³/mol. The highest BCUT2D eigenvalue weighted by Gasteiger charge is 2.25. The molecular formula is C24H22ClN5O3S. The second-order valence-electron chi connectivity index (χ2n) is 8.04. The fourth-order valence-corrected chi connectivity index (χ4v) is 5.32. The maximum atomic E-state index is 13.1. The van der Waals surface area contributed by atoms with Gasteiger partial charge >= 0.3 is 0 Å². The van der Waals surface area contributed by atoms with Gasteiger partial charge in [0.25, 0.3) is 5.91 Å². The Morgan fingerprint density at radius 2 is 2.12 bits per heavy atom. The minimum atomic E-state index is -0.254. The second kappa shape index (κ2) is 9.44. The number of likely N-dealkylation sites (tertiary alicyclic amines) is 1. The number of thiophene rings is 1. The van der Waals surface area contributed by atoms with Gasteiger partial charge in [-0.05, 0) is 55.7 Å². The standard InChI is InChI=1S/C24H22ClN5O3S/c1-2-22(31)29-10-3-4-16(9-11-29)30-18-12-15(25)5-6-17(18)27-24(30)28-23(32)21-8-7-20(34-21)19-13-26-14-33-19/h2,5-8,12-14,16H,1,3-4,9-11H2,(H,27,28,32)/t16-/m1/s1. The molecular weight excluding hydrogens is 474 g/mol. The van der Waals surface area contributed by atoms with Crippen molar-refractivity contribution in [3.63, 3.8) is 0 Å². The molecule has 2 amide bonds. The predicted octanol–water partition coefficient (Wildman–Crippen LogP) is 5.40. The Morgan fingerprint density at radius 1 is 1.24 bits per heavy atom. The van der Waals surface area contributed by atoms with E-state index in [1.165, 1.54) is 23.8 Å². The lowest BCUT2D eigenvalue weighted by molar-refractivity contribution is -0.125. The molecule has 10 heteroatoms. The van der Waals surface area contributed by atoms with Crippen molar-refractivity contribution in [2.75, 3.05) is 18.4 Å². The molecule has 0 bridgehead atoms. The van der Waals surface area contributed by atoms with Crippen molar-refractivity contribution in [3.8, 4) is 10.6 Å². The molecule has 1 aromatic carbocycles. The van der Waals surface area contributed by atoms with Crippen molar-refractivity contribution >= 4 is 51.7 Å². The normalized spacial score (nSPS) is 16.4. The van der Waals surface area contributed by atoms with Crippen molar-refractivity contribution in [1.29, 1.82) is 0 Å². The lowest BCUT2D eigenvalue weighted by Crippen LogP contribution is -2.30. The molecule has 4 aromatic rings. The third kappa shape index (κ3) is 4.36. The van der Waals surface area contributed by atoms with Crippen LogP contribution in [0.1, 0.15) is 35.0 Å². The number of fused-ring (bicyclic) bond motifs is 1. The summed E-state index contributed by atoms with van der Waals surface area (Å²) < 4.78 is 7.38. The number of hydrogen-bond acceptors (Lipinski definition) is 6. The Hall–Kier alpha value is -3.43. The molecule has 174 valence electrons. The zero-order valence-electron chi connectivity index (χ0n) is 18.2. The van der Waals surface area contributed by atoms with Crippen LogP contribution < -0.4 is 5.32 Å². The molecule has 1 saturated heterocycles. The van der Waals surface area contributed by atoms with Crippen molar-refractivity contribution in [2.45, 2.75) is 25.3 Å². The van der Waals surface area contributed by atoms with Crippen LogP contribution in [0.25, 0.3) is 21.7 Å². The summed E-state index contributed by atoms with van der Waals surface area (Å²) >= 11 is 7.62. The van der Waals surface area contributed by atoms with E-state index >= 15 is 0 Å². The average molecular weight is 496 g/mol. The minimum Gasteiger partial charge on any atom is -0.443 e. The Labute approximate surface area is 204 Å². The number of oxazole rings is 1. The molecule has 4 heterocycles. The van der Waals surface area contributed by atoms with Gasteiger partial charge in [0.2, 0.25) is 11.9 Å². The fraction of sp³-hybridized carbons (Fsp3) is 0.250. The summed E-state index contributed by atoms with van der Waals surface area (Å²) in [4.78, 5) is 37.1. The lowest BCUT2D eigenvalue weighted by atomic mass is 10.1. The molecule has 0 unspecified atom stereocenters. The molecule has 0 saturated carbocycles. The van der Waals surface area contributed by atoms with Gasteiger partial charge in [-0.1, -0.05) is 18.2 Å². The first-order chi connectivity index (χ1) is 16.5. The zero-order valence-corrected chi connectivity index (χ0v) is 19.8. The van der Waals surface area contributed by atoms with Crippen LogP contribution in [0.5, 0.6) is 0 Å². The maximum Gasteiger partial charge on any atom is 0.268 e. The van der Waals surface area contributed by atoms with Gasteiger partial charge in [-0.25, -0.2) is 9.97 Å². The van der Waals surface area contributed by atoms with Crippen LogP contribution in [0.15, 0.2) is 60.0 Å². The first-order valence-corrected chi connectivity index (χ1v) is 12.1. The van der Waals surface area contributed by atoms with Crippen LogP contribution in [0.4, 0.5) is 5.95 Å². The molecule has 34 heavy (non-hydrogen) atoms. The number of anilines is 1. The molecule has 1 fully saturated rings. The molecule has 1 aliphatic heterocycles. The Balaban J connectivity index is 1.45. The van der Waals surface area contributed by atoms with Gasteiger partial charge in [-0.2, -0.15) is 0 Å². The van der Waals surface area contributed by atoms with Gasteiger partial charge in [0.15, 0.2) is 12.2 Å². The van der Waals surface area contributed by atoms with Gasteiger partial charge in [0, 0.05) is 24.2 Å². The van der Waals surface area contributed by atoms with E-state index in [4.69, 9.17) is 21.0 Å². The van der Waals surface area contributed by atoms with E-state index < -0.39 is 0 Å². The summed E-state index contributed by atoms with van der Waals surface area (Å²) in [7, 11) is 0. The van der Waals surface area contributed by atoms with Crippen molar-refractivity contribution in [3.05, 3.63) is 65.5 Å².